The number of nitrogens with zero attached hydrogens (tertiary/aromatic N) is 1. The normalized spacial score (nSPS) is 24.7. The van der Waals surface area contributed by atoms with Crippen LogP contribution in [-0.4, -0.2) is 42.6 Å². The third kappa shape index (κ3) is 3.38. The first-order valence-electron chi connectivity index (χ1n) is 7.95. The molecule has 0 aliphatic carbocycles. The van der Waals surface area contributed by atoms with Gasteiger partial charge in [0.05, 0.1) is 13.0 Å². The maximum absolute atomic E-state index is 12.5. The number of aryl methyl sites for hydroxylation is 1. The van der Waals surface area contributed by atoms with Crippen LogP contribution in [-0.2, 0) is 4.79 Å². The highest BCUT2D eigenvalue weighted by Gasteiger charge is 2.37. The molecule has 0 aromatic heterocycles. The lowest BCUT2D eigenvalue weighted by atomic mass is 10.1. The lowest BCUT2D eigenvalue weighted by Gasteiger charge is -2.28. The topological polar surface area (TPSA) is 41.6 Å². The van der Waals surface area contributed by atoms with Gasteiger partial charge in [0.15, 0.2) is 0 Å². The largest absolute Gasteiger partial charge is 0.493 e. The fourth-order valence-electron chi connectivity index (χ4n) is 3.48. The fourth-order valence-corrected chi connectivity index (χ4v) is 3.48. The van der Waals surface area contributed by atoms with Gasteiger partial charge in [0, 0.05) is 18.6 Å². The van der Waals surface area contributed by atoms with Gasteiger partial charge < -0.3 is 15.0 Å². The van der Waals surface area contributed by atoms with Crippen molar-refractivity contribution in [1.82, 2.24) is 10.2 Å². The molecule has 21 heavy (non-hydrogen) atoms. The number of hydrogen-bond acceptors (Lipinski definition) is 3. The molecule has 1 amide bonds. The Labute approximate surface area is 126 Å². The summed E-state index contributed by atoms with van der Waals surface area (Å²) in [5, 5.41) is 3.43. The molecule has 2 aliphatic heterocycles. The molecule has 1 aromatic rings. The van der Waals surface area contributed by atoms with E-state index in [1.807, 2.05) is 31.2 Å². The number of carbonyl (C=O) groups is 1. The average molecular weight is 288 g/mol. The standard InChI is InChI=1S/C17H24N2O2/c1-13-3-2-4-16(11-13)21-10-8-17(20)19-14-5-6-15(19)12-18-9-7-14/h2-4,11,14-15,18H,5-10,12H2,1H3. The van der Waals surface area contributed by atoms with E-state index in [0.29, 0.717) is 25.1 Å². The molecule has 3 rings (SSSR count). The highest BCUT2D eigenvalue weighted by Crippen LogP contribution is 2.28. The molecule has 2 bridgehead atoms. The molecule has 114 valence electrons. The molecule has 4 heteroatoms. The van der Waals surface area contributed by atoms with Gasteiger partial charge in [0.1, 0.15) is 5.75 Å². The molecule has 0 radical (unpaired) electrons. The van der Waals surface area contributed by atoms with Crippen LogP contribution in [0.15, 0.2) is 24.3 Å². The zero-order valence-electron chi connectivity index (χ0n) is 12.7. The van der Waals surface area contributed by atoms with E-state index >= 15 is 0 Å². The number of hydrogen-bond donors (Lipinski definition) is 1. The fraction of sp³-hybridized carbons (Fsp3) is 0.588. The van der Waals surface area contributed by atoms with Crippen molar-refractivity contribution in [2.24, 2.45) is 0 Å². The molecule has 2 unspecified atom stereocenters. The van der Waals surface area contributed by atoms with E-state index in [1.165, 1.54) is 5.56 Å². The number of rotatable bonds is 4. The van der Waals surface area contributed by atoms with Crippen molar-refractivity contribution >= 4 is 5.91 Å². The van der Waals surface area contributed by atoms with E-state index in [1.54, 1.807) is 0 Å². The number of nitrogens with one attached hydrogen (secondary N) is 1. The van der Waals surface area contributed by atoms with Crippen LogP contribution in [0.2, 0.25) is 0 Å². The lowest BCUT2D eigenvalue weighted by Crippen LogP contribution is -2.42. The smallest absolute Gasteiger partial charge is 0.226 e. The van der Waals surface area contributed by atoms with Crippen LogP contribution < -0.4 is 10.1 Å². The molecule has 1 N–H and O–H groups in total. The quantitative estimate of drug-likeness (QED) is 0.922. The van der Waals surface area contributed by atoms with Crippen molar-refractivity contribution in [3.05, 3.63) is 29.8 Å². The average Bonchev–Trinajstić information content (AvgIpc) is 2.72. The Morgan fingerprint density at radius 1 is 1.33 bits per heavy atom. The van der Waals surface area contributed by atoms with E-state index in [9.17, 15) is 4.79 Å². The highest BCUT2D eigenvalue weighted by molar-refractivity contribution is 5.77. The first kappa shape index (κ1) is 14.4. The van der Waals surface area contributed by atoms with Gasteiger partial charge in [0.25, 0.3) is 0 Å². The van der Waals surface area contributed by atoms with Crippen LogP contribution in [0.3, 0.4) is 0 Å². The third-order valence-corrected chi connectivity index (χ3v) is 4.52. The van der Waals surface area contributed by atoms with Crippen LogP contribution in [0.1, 0.15) is 31.2 Å². The second-order valence-electron chi connectivity index (χ2n) is 6.09. The number of ether oxygens (including phenoxy) is 1. The first-order valence-corrected chi connectivity index (χ1v) is 7.95. The van der Waals surface area contributed by atoms with Gasteiger partial charge in [0.2, 0.25) is 5.91 Å². The molecule has 2 fully saturated rings. The molecular weight excluding hydrogens is 264 g/mol. The molecule has 1 aromatic carbocycles. The number of amides is 1. The van der Waals surface area contributed by atoms with Crippen molar-refractivity contribution in [1.29, 1.82) is 0 Å². The summed E-state index contributed by atoms with van der Waals surface area (Å²) in [5.74, 6) is 1.10. The van der Waals surface area contributed by atoms with Crippen LogP contribution in [0.25, 0.3) is 0 Å². The van der Waals surface area contributed by atoms with Crippen molar-refractivity contribution in [3.63, 3.8) is 0 Å². The summed E-state index contributed by atoms with van der Waals surface area (Å²) in [5.41, 5.74) is 1.18. The Morgan fingerprint density at radius 3 is 3.05 bits per heavy atom. The van der Waals surface area contributed by atoms with Crippen LogP contribution >= 0.6 is 0 Å². The first-order chi connectivity index (χ1) is 10.2. The molecular formula is C17H24N2O2. The summed E-state index contributed by atoms with van der Waals surface area (Å²) in [7, 11) is 0. The summed E-state index contributed by atoms with van der Waals surface area (Å²) in [6.45, 7) is 4.48. The zero-order valence-corrected chi connectivity index (χ0v) is 12.7. The Kier molecular flexibility index (Phi) is 4.44. The monoisotopic (exact) mass is 288 g/mol. The molecule has 2 heterocycles. The summed E-state index contributed by atoms with van der Waals surface area (Å²) in [6, 6.07) is 8.80. The van der Waals surface area contributed by atoms with Gasteiger partial charge >= 0.3 is 0 Å². The van der Waals surface area contributed by atoms with Crippen molar-refractivity contribution < 1.29 is 9.53 Å². The second kappa shape index (κ2) is 6.48. The number of carbonyl (C=O) groups excluding carboxylic acids is 1. The summed E-state index contributed by atoms with van der Waals surface area (Å²) >= 11 is 0. The van der Waals surface area contributed by atoms with E-state index in [2.05, 4.69) is 10.2 Å². The summed E-state index contributed by atoms with van der Waals surface area (Å²) in [6.07, 6.45) is 3.86. The SMILES string of the molecule is Cc1cccc(OCCC(=O)N2C3CCNCC2CC3)c1. The van der Waals surface area contributed by atoms with Gasteiger partial charge in [-0.05, 0) is 50.4 Å². The van der Waals surface area contributed by atoms with Gasteiger partial charge in [-0.15, -0.1) is 0 Å². The minimum atomic E-state index is 0.249. The second-order valence-corrected chi connectivity index (χ2v) is 6.09. The molecule has 2 atom stereocenters. The maximum Gasteiger partial charge on any atom is 0.226 e. The predicted octanol–water partition coefficient (Wildman–Crippen LogP) is 2.12. The molecule has 2 saturated heterocycles. The van der Waals surface area contributed by atoms with E-state index in [0.717, 1.165) is 38.1 Å². The third-order valence-electron chi connectivity index (χ3n) is 4.52. The number of fused-ring (bicyclic) bond motifs is 2. The van der Waals surface area contributed by atoms with Gasteiger partial charge in [-0.3, -0.25) is 4.79 Å². The van der Waals surface area contributed by atoms with Crippen molar-refractivity contribution in [2.45, 2.75) is 44.7 Å². The molecule has 0 saturated carbocycles. The maximum atomic E-state index is 12.5. The van der Waals surface area contributed by atoms with Crippen LogP contribution in [0.5, 0.6) is 5.75 Å². The summed E-state index contributed by atoms with van der Waals surface area (Å²) in [4.78, 5) is 14.6. The van der Waals surface area contributed by atoms with Crippen LogP contribution in [0.4, 0.5) is 0 Å². The van der Waals surface area contributed by atoms with Gasteiger partial charge in [-0.2, -0.15) is 0 Å². The van der Waals surface area contributed by atoms with Crippen molar-refractivity contribution in [2.75, 3.05) is 19.7 Å². The van der Waals surface area contributed by atoms with Gasteiger partial charge in [-0.25, -0.2) is 0 Å². The van der Waals surface area contributed by atoms with Gasteiger partial charge in [-0.1, -0.05) is 12.1 Å². The van der Waals surface area contributed by atoms with Crippen LogP contribution in [0, 0.1) is 6.92 Å². The Morgan fingerprint density at radius 2 is 2.19 bits per heavy atom. The highest BCUT2D eigenvalue weighted by atomic mass is 16.5. The Hall–Kier alpha value is -1.55. The van der Waals surface area contributed by atoms with Crippen molar-refractivity contribution in [3.8, 4) is 5.75 Å². The molecule has 4 nitrogen and oxygen atoms in total. The Bertz CT molecular complexity index is 489. The minimum absolute atomic E-state index is 0.249. The molecule has 2 aliphatic rings. The van der Waals surface area contributed by atoms with E-state index < -0.39 is 0 Å². The lowest BCUT2D eigenvalue weighted by molar-refractivity contribution is -0.134. The molecule has 0 spiro atoms. The zero-order chi connectivity index (χ0) is 14.7. The van der Waals surface area contributed by atoms with E-state index in [4.69, 9.17) is 4.74 Å². The number of benzene rings is 1. The van der Waals surface area contributed by atoms with E-state index in [-0.39, 0.29) is 5.91 Å². The Balaban J connectivity index is 1.52. The summed E-state index contributed by atoms with van der Waals surface area (Å²) < 4.78 is 5.71. The predicted molar refractivity (Wildman–Crippen MR) is 82.4 cm³/mol. The minimum Gasteiger partial charge on any atom is -0.493 e.